The first-order chi connectivity index (χ1) is 7.66. The highest BCUT2D eigenvalue weighted by molar-refractivity contribution is 5.95. The Morgan fingerprint density at radius 1 is 1.62 bits per heavy atom. The van der Waals surface area contributed by atoms with Crippen molar-refractivity contribution in [1.29, 1.82) is 0 Å². The first-order valence-corrected chi connectivity index (χ1v) is 5.37. The molecule has 0 saturated carbocycles. The average molecular weight is 221 g/mol. The monoisotopic (exact) mass is 221 g/mol. The Kier molecular flexibility index (Phi) is 3.05. The van der Waals surface area contributed by atoms with E-state index in [4.69, 9.17) is 0 Å². The Balaban J connectivity index is 2.07. The molecule has 1 amide bonds. The summed E-state index contributed by atoms with van der Waals surface area (Å²) >= 11 is 0. The van der Waals surface area contributed by atoms with E-state index >= 15 is 0 Å². The molecule has 5 heteroatoms. The molecule has 16 heavy (non-hydrogen) atoms. The van der Waals surface area contributed by atoms with E-state index in [1.54, 1.807) is 6.07 Å². The fourth-order valence-corrected chi connectivity index (χ4v) is 1.75. The van der Waals surface area contributed by atoms with Gasteiger partial charge in [0.1, 0.15) is 0 Å². The zero-order chi connectivity index (χ0) is 11.5. The molecule has 1 aromatic heterocycles. The first-order valence-electron chi connectivity index (χ1n) is 5.37. The molecule has 0 radical (unpaired) electrons. The molecule has 0 aromatic carbocycles. The van der Waals surface area contributed by atoms with Gasteiger partial charge in [-0.15, -0.1) is 0 Å². The van der Waals surface area contributed by atoms with Crippen LogP contribution in [-0.4, -0.2) is 28.6 Å². The molecule has 0 bridgehead atoms. The van der Waals surface area contributed by atoms with Gasteiger partial charge < -0.3 is 15.7 Å². The molecule has 0 aliphatic carbocycles. The van der Waals surface area contributed by atoms with Gasteiger partial charge >= 0.3 is 0 Å². The second-order valence-corrected chi connectivity index (χ2v) is 3.96. The van der Waals surface area contributed by atoms with Gasteiger partial charge in [0.15, 0.2) is 11.6 Å². The molecule has 5 nitrogen and oxygen atoms in total. The van der Waals surface area contributed by atoms with Crippen molar-refractivity contribution in [2.45, 2.75) is 25.8 Å². The third kappa shape index (κ3) is 2.30. The normalized spacial score (nSPS) is 19.7. The molecule has 1 aromatic rings. The summed E-state index contributed by atoms with van der Waals surface area (Å²) in [5.41, 5.74) is 0.757. The number of anilines is 1. The molecule has 1 aliphatic rings. The van der Waals surface area contributed by atoms with E-state index in [9.17, 15) is 9.90 Å². The van der Waals surface area contributed by atoms with Gasteiger partial charge in [-0.1, -0.05) is 0 Å². The lowest BCUT2D eigenvalue weighted by molar-refractivity contribution is -0.117. The molecule has 3 N–H and O–H groups in total. The van der Waals surface area contributed by atoms with Crippen LogP contribution in [0.1, 0.15) is 18.5 Å². The minimum atomic E-state index is -0.165. The minimum absolute atomic E-state index is 0.00283. The van der Waals surface area contributed by atoms with Crippen LogP contribution in [0.5, 0.6) is 5.75 Å². The van der Waals surface area contributed by atoms with E-state index in [-0.39, 0.29) is 23.5 Å². The molecule has 1 aliphatic heterocycles. The van der Waals surface area contributed by atoms with Crippen LogP contribution in [0.2, 0.25) is 0 Å². The molecular weight excluding hydrogens is 206 g/mol. The third-order valence-electron chi connectivity index (χ3n) is 2.63. The highest BCUT2D eigenvalue weighted by Crippen LogP contribution is 2.20. The van der Waals surface area contributed by atoms with Gasteiger partial charge in [0.25, 0.3) is 0 Å². The summed E-state index contributed by atoms with van der Waals surface area (Å²) in [6.45, 7) is 2.67. The highest BCUT2D eigenvalue weighted by Gasteiger charge is 2.22. The quantitative estimate of drug-likeness (QED) is 0.690. The van der Waals surface area contributed by atoms with E-state index < -0.39 is 0 Å². The van der Waals surface area contributed by atoms with Crippen LogP contribution in [-0.2, 0) is 4.79 Å². The Hall–Kier alpha value is -1.62. The molecule has 1 atom stereocenters. The number of nitrogens with one attached hydrogen (secondary N) is 2. The maximum atomic E-state index is 11.8. The SMILES string of the molecule is Cc1ccc(O)c(NC(=O)C2CCCN2)n1. The minimum Gasteiger partial charge on any atom is -0.504 e. The van der Waals surface area contributed by atoms with Crippen molar-refractivity contribution in [2.75, 3.05) is 11.9 Å². The number of amides is 1. The number of hydrogen-bond acceptors (Lipinski definition) is 4. The van der Waals surface area contributed by atoms with Crippen molar-refractivity contribution in [3.05, 3.63) is 17.8 Å². The molecule has 1 saturated heterocycles. The Labute approximate surface area is 93.9 Å². The third-order valence-corrected chi connectivity index (χ3v) is 2.63. The van der Waals surface area contributed by atoms with Gasteiger partial charge in [0.05, 0.1) is 6.04 Å². The summed E-state index contributed by atoms with van der Waals surface area (Å²) in [4.78, 5) is 15.8. The Morgan fingerprint density at radius 2 is 2.44 bits per heavy atom. The van der Waals surface area contributed by atoms with Crippen molar-refractivity contribution in [3.63, 3.8) is 0 Å². The van der Waals surface area contributed by atoms with Crippen LogP contribution in [0.3, 0.4) is 0 Å². The van der Waals surface area contributed by atoms with Gasteiger partial charge in [-0.3, -0.25) is 4.79 Å². The summed E-state index contributed by atoms with van der Waals surface area (Å²) in [6.07, 6.45) is 1.84. The standard InChI is InChI=1S/C11H15N3O2/c1-7-4-5-9(15)10(13-7)14-11(16)8-3-2-6-12-8/h4-5,8,12,15H,2-3,6H2,1H3,(H,13,14,16). The molecule has 1 unspecified atom stereocenters. The number of aromatic hydroxyl groups is 1. The molecule has 0 spiro atoms. The summed E-state index contributed by atoms with van der Waals surface area (Å²) < 4.78 is 0. The smallest absolute Gasteiger partial charge is 0.242 e. The zero-order valence-electron chi connectivity index (χ0n) is 9.16. The fraction of sp³-hybridized carbons (Fsp3) is 0.455. The number of carbonyl (C=O) groups excluding carboxylic acids is 1. The van der Waals surface area contributed by atoms with Gasteiger partial charge in [0, 0.05) is 5.69 Å². The van der Waals surface area contributed by atoms with Gasteiger partial charge in [0.2, 0.25) is 5.91 Å². The number of aryl methyl sites for hydroxylation is 1. The predicted molar refractivity (Wildman–Crippen MR) is 60.3 cm³/mol. The van der Waals surface area contributed by atoms with E-state index in [1.165, 1.54) is 6.07 Å². The van der Waals surface area contributed by atoms with E-state index in [2.05, 4.69) is 15.6 Å². The second-order valence-electron chi connectivity index (χ2n) is 3.96. The van der Waals surface area contributed by atoms with E-state index in [0.29, 0.717) is 0 Å². The largest absolute Gasteiger partial charge is 0.504 e. The van der Waals surface area contributed by atoms with Gasteiger partial charge in [-0.25, -0.2) is 4.98 Å². The van der Waals surface area contributed by atoms with Gasteiger partial charge in [-0.05, 0) is 38.4 Å². The Morgan fingerprint density at radius 3 is 3.12 bits per heavy atom. The number of rotatable bonds is 2. The van der Waals surface area contributed by atoms with Crippen molar-refractivity contribution >= 4 is 11.7 Å². The van der Waals surface area contributed by atoms with Crippen LogP contribution < -0.4 is 10.6 Å². The number of carbonyl (C=O) groups is 1. The van der Waals surface area contributed by atoms with Crippen LogP contribution in [0.25, 0.3) is 0 Å². The van der Waals surface area contributed by atoms with Crippen LogP contribution in [0.4, 0.5) is 5.82 Å². The lowest BCUT2D eigenvalue weighted by atomic mass is 10.2. The number of nitrogens with zero attached hydrogens (tertiary/aromatic N) is 1. The molecule has 1 fully saturated rings. The van der Waals surface area contributed by atoms with Crippen molar-refractivity contribution in [2.24, 2.45) is 0 Å². The van der Waals surface area contributed by atoms with Crippen LogP contribution in [0, 0.1) is 6.92 Å². The average Bonchev–Trinajstić information content (AvgIpc) is 2.76. The van der Waals surface area contributed by atoms with Crippen LogP contribution >= 0.6 is 0 Å². The maximum Gasteiger partial charge on any atom is 0.242 e. The number of hydrogen-bond donors (Lipinski definition) is 3. The summed E-state index contributed by atoms with van der Waals surface area (Å²) in [5.74, 6) is 0.0987. The van der Waals surface area contributed by atoms with Crippen LogP contribution in [0.15, 0.2) is 12.1 Å². The van der Waals surface area contributed by atoms with E-state index in [0.717, 1.165) is 25.1 Å². The summed E-state index contributed by atoms with van der Waals surface area (Å²) in [5, 5.41) is 15.2. The fourth-order valence-electron chi connectivity index (χ4n) is 1.75. The highest BCUT2D eigenvalue weighted by atomic mass is 16.3. The predicted octanol–water partition coefficient (Wildman–Crippen LogP) is 0.786. The molecule has 2 rings (SSSR count). The van der Waals surface area contributed by atoms with Crippen molar-refractivity contribution in [1.82, 2.24) is 10.3 Å². The molecule has 86 valence electrons. The number of aromatic nitrogens is 1. The first kappa shape index (κ1) is 10.9. The van der Waals surface area contributed by atoms with Gasteiger partial charge in [-0.2, -0.15) is 0 Å². The van der Waals surface area contributed by atoms with Crippen molar-refractivity contribution in [3.8, 4) is 5.75 Å². The topological polar surface area (TPSA) is 74.2 Å². The number of pyridine rings is 1. The molecular formula is C11H15N3O2. The zero-order valence-corrected chi connectivity index (χ0v) is 9.16. The molecule has 2 heterocycles. The lowest BCUT2D eigenvalue weighted by Crippen LogP contribution is -2.35. The summed E-state index contributed by atoms with van der Waals surface area (Å²) in [6, 6.07) is 3.06. The Bertz CT molecular complexity index is 400. The maximum absolute atomic E-state index is 11.8. The second kappa shape index (κ2) is 4.49. The van der Waals surface area contributed by atoms with E-state index in [1.807, 2.05) is 6.92 Å². The lowest BCUT2D eigenvalue weighted by Gasteiger charge is -2.11. The summed E-state index contributed by atoms with van der Waals surface area (Å²) in [7, 11) is 0. The van der Waals surface area contributed by atoms with Crippen molar-refractivity contribution < 1.29 is 9.90 Å².